The van der Waals surface area contributed by atoms with E-state index in [9.17, 15) is 4.79 Å². The Labute approximate surface area is 164 Å². The third-order valence-electron chi connectivity index (χ3n) is 3.89. The Morgan fingerprint density at radius 1 is 1.19 bits per heavy atom. The fraction of sp³-hybridized carbons (Fsp3) is 0.211. The van der Waals surface area contributed by atoms with E-state index < -0.39 is 5.91 Å². The van der Waals surface area contributed by atoms with Crippen LogP contribution < -0.4 is 15.8 Å². The number of fused-ring (bicyclic) bond motifs is 3. The number of hydrogen-bond acceptors (Lipinski definition) is 7. The van der Waals surface area contributed by atoms with Crippen LogP contribution in [0, 0.1) is 6.92 Å². The predicted octanol–water partition coefficient (Wildman–Crippen LogP) is 4.84. The Hall–Kier alpha value is -2.71. The van der Waals surface area contributed by atoms with Crippen LogP contribution in [0.2, 0.25) is 0 Å². The number of anilines is 2. The number of ether oxygens (including phenoxy) is 1. The third kappa shape index (κ3) is 3.45. The zero-order chi connectivity index (χ0) is 19.1. The number of amides is 1. The lowest BCUT2D eigenvalue weighted by atomic mass is 10.1. The number of carbonyl (C=O) groups excluding carboxylic acids is 1. The van der Waals surface area contributed by atoms with Crippen molar-refractivity contribution < 1.29 is 9.53 Å². The Bertz CT molecular complexity index is 1160. The smallest absolute Gasteiger partial charge is 0.248 e. The number of hydrogen-bond donors (Lipinski definition) is 2. The molecule has 4 rings (SSSR count). The number of rotatable bonds is 5. The lowest BCUT2D eigenvalue weighted by Gasteiger charge is -2.15. The molecule has 1 amide bonds. The highest BCUT2D eigenvalue weighted by Gasteiger charge is 2.14. The standard InChI is InChI=1S/C19H18N4O2S2/c1-9(2)25-14-6-4-11(18(20)24)8-13(14)22-19-23-16-15(27-19)7-5-12-17(16)26-10(3)21-12/h4-9H,1-3H3,(H2,20,24)(H,22,23). The average Bonchev–Trinajstić information content (AvgIpc) is 3.17. The molecule has 0 aliphatic carbocycles. The highest BCUT2D eigenvalue weighted by molar-refractivity contribution is 7.24. The molecule has 27 heavy (non-hydrogen) atoms. The topological polar surface area (TPSA) is 90.1 Å². The number of benzene rings is 2. The normalized spacial score (nSPS) is 11.4. The Kier molecular flexibility index (Phi) is 4.45. The van der Waals surface area contributed by atoms with Crippen molar-refractivity contribution in [1.82, 2.24) is 9.97 Å². The first-order valence-electron chi connectivity index (χ1n) is 8.45. The number of carbonyl (C=O) groups is 1. The van der Waals surface area contributed by atoms with Crippen LogP contribution in [0.25, 0.3) is 20.4 Å². The van der Waals surface area contributed by atoms with Gasteiger partial charge in [0.25, 0.3) is 0 Å². The number of nitrogens with one attached hydrogen (secondary N) is 1. The zero-order valence-electron chi connectivity index (χ0n) is 15.1. The summed E-state index contributed by atoms with van der Waals surface area (Å²) in [6.07, 6.45) is 0.000128. The number of aromatic nitrogens is 2. The quantitative estimate of drug-likeness (QED) is 0.502. The van der Waals surface area contributed by atoms with Gasteiger partial charge in [0.2, 0.25) is 5.91 Å². The van der Waals surface area contributed by atoms with E-state index in [4.69, 9.17) is 15.5 Å². The molecule has 0 fully saturated rings. The predicted molar refractivity (Wildman–Crippen MR) is 112 cm³/mol. The van der Waals surface area contributed by atoms with Crippen molar-refractivity contribution >= 4 is 59.8 Å². The van der Waals surface area contributed by atoms with Crippen LogP contribution in [-0.2, 0) is 0 Å². The maximum Gasteiger partial charge on any atom is 0.248 e. The number of primary amides is 1. The number of aryl methyl sites for hydroxylation is 1. The molecule has 0 saturated heterocycles. The molecule has 6 nitrogen and oxygen atoms in total. The molecule has 8 heteroatoms. The van der Waals surface area contributed by atoms with Crippen molar-refractivity contribution in [3.05, 3.63) is 40.9 Å². The molecule has 0 radical (unpaired) electrons. The van der Waals surface area contributed by atoms with Gasteiger partial charge in [0.1, 0.15) is 11.3 Å². The van der Waals surface area contributed by atoms with Gasteiger partial charge in [0.15, 0.2) is 5.13 Å². The van der Waals surface area contributed by atoms with E-state index in [-0.39, 0.29) is 6.10 Å². The van der Waals surface area contributed by atoms with Gasteiger partial charge in [-0.3, -0.25) is 4.79 Å². The van der Waals surface area contributed by atoms with Crippen LogP contribution >= 0.6 is 22.7 Å². The molecule has 0 atom stereocenters. The molecule has 2 aromatic heterocycles. The van der Waals surface area contributed by atoms with Crippen molar-refractivity contribution in [3.63, 3.8) is 0 Å². The van der Waals surface area contributed by atoms with Gasteiger partial charge in [-0.15, -0.1) is 11.3 Å². The number of thiazole rings is 2. The van der Waals surface area contributed by atoms with Gasteiger partial charge in [-0.1, -0.05) is 11.3 Å². The van der Waals surface area contributed by atoms with Crippen molar-refractivity contribution in [2.24, 2.45) is 5.73 Å². The second-order valence-electron chi connectivity index (χ2n) is 6.38. The van der Waals surface area contributed by atoms with Gasteiger partial charge in [0.05, 0.1) is 31.7 Å². The van der Waals surface area contributed by atoms with E-state index in [0.717, 1.165) is 30.6 Å². The van der Waals surface area contributed by atoms with Gasteiger partial charge in [0, 0.05) is 5.56 Å². The fourth-order valence-electron chi connectivity index (χ4n) is 2.79. The molecule has 2 aromatic carbocycles. The first-order chi connectivity index (χ1) is 12.9. The molecule has 0 spiro atoms. The summed E-state index contributed by atoms with van der Waals surface area (Å²) >= 11 is 3.18. The van der Waals surface area contributed by atoms with E-state index in [2.05, 4.69) is 10.3 Å². The molecule has 0 saturated carbocycles. The van der Waals surface area contributed by atoms with Gasteiger partial charge in [-0.05, 0) is 51.1 Å². The van der Waals surface area contributed by atoms with E-state index in [0.29, 0.717) is 17.0 Å². The van der Waals surface area contributed by atoms with Crippen molar-refractivity contribution in [3.8, 4) is 5.75 Å². The molecule has 4 aromatic rings. The second-order valence-corrected chi connectivity index (χ2v) is 8.61. The minimum atomic E-state index is -0.486. The molecule has 0 aliphatic rings. The van der Waals surface area contributed by atoms with Crippen molar-refractivity contribution in [2.45, 2.75) is 26.9 Å². The fourth-order valence-corrected chi connectivity index (χ4v) is 4.66. The molecule has 0 bridgehead atoms. The maximum absolute atomic E-state index is 11.6. The monoisotopic (exact) mass is 398 g/mol. The molecule has 0 aliphatic heterocycles. The average molecular weight is 399 g/mol. The second kappa shape index (κ2) is 6.79. The first-order valence-corrected chi connectivity index (χ1v) is 10.1. The van der Waals surface area contributed by atoms with Gasteiger partial charge < -0.3 is 15.8 Å². The summed E-state index contributed by atoms with van der Waals surface area (Å²) in [6, 6.07) is 9.15. The summed E-state index contributed by atoms with van der Waals surface area (Å²) in [5.41, 5.74) is 8.40. The first kappa shape index (κ1) is 17.7. The summed E-state index contributed by atoms with van der Waals surface area (Å²) in [7, 11) is 0. The third-order valence-corrected chi connectivity index (χ3v) is 5.82. The van der Waals surface area contributed by atoms with Crippen molar-refractivity contribution in [2.75, 3.05) is 5.32 Å². The van der Waals surface area contributed by atoms with Crippen LogP contribution in [-0.4, -0.2) is 22.0 Å². The van der Waals surface area contributed by atoms with E-state index >= 15 is 0 Å². The highest BCUT2D eigenvalue weighted by atomic mass is 32.1. The van der Waals surface area contributed by atoms with E-state index in [1.54, 1.807) is 40.9 Å². The van der Waals surface area contributed by atoms with E-state index in [1.165, 1.54) is 0 Å². The van der Waals surface area contributed by atoms with Crippen LogP contribution in [0.1, 0.15) is 29.2 Å². The minimum absolute atomic E-state index is 0.000128. The zero-order valence-corrected chi connectivity index (χ0v) is 16.7. The van der Waals surface area contributed by atoms with Crippen LogP contribution in [0.4, 0.5) is 10.8 Å². The Morgan fingerprint density at radius 3 is 2.74 bits per heavy atom. The maximum atomic E-state index is 11.6. The summed E-state index contributed by atoms with van der Waals surface area (Å²) in [5, 5.41) is 5.03. The molecule has 3 N–H and O–H groups in total. The van der Waals surface area contributed by atoms with Crippen LogP contribution in [0.5, 0.6) is 5.75 Å². The summed E-state index contributed by atoms with van der Waals surface area (Å²) < 4.78 is 8.01. The van der Waals surface area contributed by atoms with E-state index in [1.807, 2.05) is 32.9 Å². The highest BCUT2D eigenvalue weighted by Crippen LogP contribution is 2.37. The Morgan fingerprint density at radius 2 is 2.00 bits per heavy atom. The van der Waals surface area contributed by atoms with Crippen molar-refractivity contribution in [1.29, 1.82) is 0 Å². The SMILES string of the molecule is Cc1nc2ccc3sc(Nc4cc(C(N)=O)ccc4OC(C)C)nc3c2s1. The lowest BCUT2D eigenvalue weighted by Crippen LogP contribution is -2.12. The molecular weight excluding hydrogens is 380 g/mol. The number of nitrogens with zero attached hydrogens (tertiary/aromatic N) is 2. The number of nitrogens with two attached hydrogens (primary N) is 1. The lowest BCUT2D eigenvalue weighted by molar-refractivity contribution is 0.100. The van der Waals surface area contributed by atoms with Gasteiger partial charge >= 0.3 is 0 Å². The largest absolute Gasteiger partial charge is 0.489 e. The molecular formula is C19H18N4O2S2. The molecule has 138 valence electrons. The molecule has 2 heterocycles. The molecule has 0 unspecified atom stereocenters. The van der Waals surface area contributed by atoms with Gasteiger partial charge in [-0.2, -0.15) is 0 Å². The van der Waals surface area contributed by atoms with Crippen LogP contribution in [0.15, 0.2) is 30.3 Å². The minimum Gasteiger partial charge on any atom is -0.489 e. The summed E-state index contributed by atoms with van der Waals surface area (Å²) in [5.74, 6) is 0.160. The summed E-state index contributed by atoms with van der Waals surface area (Å²) in [4.78, 5) is 20.8. The van der Waals surface area contributed by atoms with Gasteiger partial charge in [-0.25, -0.2) is 9.97 Å². The summed E-state index contributed by atoms with van der Waals surface area (Å²) in [6.45, 7) is 5.89. The van der Waals surface area contributed by atoms with Crippen LogP contribution in [0.3, 0.4) is 0 Å². The Balaban J connectivity index is 1.77.